The number of fused-ring (bicyclic) bond motifs is 1. The third-order valence-electron chi connectivity index (χ3n) is 4.18. The second kappa shape index (κ2) is 6.88. The van der Waals surface area contributed by atoms with Gasteiger partial charge in [0, 0.05) is 25.5 Å². The monoisotopic (exact) mass is 456 g/mol. The second-order valence-electron chi connectivity index (χ2n) is 6.21. The van der Waals surface area contributed by atoms with Crippen molar-refractivity contribution in [3.63, 3.8) is 0 Å². The lowest BCUT2D eigenvalue weighted by atomic mass is 10.1. The Bertz CT molecular complexity index is 864. The van der Waals surface area contributed by atoms with Crippen LogP contribution in [-0.2, 0) is 17.5 Å². The highest BCUT2D eigenvalue weighted by Gasteiger charge is 2.41. The van der Waals surface area contributed by atoms with Gasteiger partial charge in [-0.25, -0.2) is 9.50 Å². The standard InChI is InChI=1S/C15H14BrF5N4O2/c1-27-11-3-2-10-22-13(15(19,20)21)9(25(10)23-11)7-24-6-8(4-12(24)26)5-14(16,17)18/h2-3,8H,4-7H2,1H3. The van der Waals surface area contributed by atoms with Crippen molar-refractivity contribution in [2.45, 2.75) is 30.4 Å². The molecule has 1 amide bonds. The Morgan fingerprint density at radius 1 is 1.30 bits per heavy atom. The Balaban J connectivity index is 1.94. The quantitative estimate of drug-likeness (QED) is 0.510. The van der Waals surface area contributed by atoms with E-state index in [0.717, 1.165) is 9.42 Å². The highest BCUT2D eigenvalue weighted by Crippen LogP contribution is 2.36. The van der Waals surface area contributed by atoms with Crippen molar-refractivity contribution in [1.29, 1.82) is 0 Å². The maximum atomic E-state index is 13.4. The predicted molar refractivity (Wildman–Crippen MR) is 86.6 cm³/mol. The van der Waals surface area contributed by atoms with E-state index in [1.807, 2.05) is 0 Å². The topological polar surface area (TPSA) is 59.7 Å². The fourth-order valence-corrected chi connectivity index (χ4v) is 3.55. The minimum atomic E-state index is -4.76. The lowest BCUT2D eigenvalue weighted by Gasteiger charge is -2.18. The Morgan fingerprint density at radius 2 is 2.00 bits per heavy atom. The first-order valence-corrected chi connectivity index (χ1v) is 8.61. The van der Waals surface area contributed by atoms with Gasteiger partial charge in [-0.05, 0) is 27.9 Å². The fourth-order valence-electron chi connectivity index (χ4n) is 3.09. The Morgan fingerprint density at radius 3 is 2.59 bits per heavy atom. The van der Waals surface area contributed by atoms with Crippen LogP contribution in [0.25, 0.3) is 5.65 Å². The molecule has 2 aromatic heterocycles. The zero-order chi connectivity index (χ0) is 20.0. The van der Waals surface area contributed by atoms with Gasteiger partial charge in [-0.15, -0.1) is 5.10 Å². The maximum Gasteiger partial charge on any atom is 0.435 e. The SMILES string of the molecule is COc1ccc2nc(C(F)(F)F)c(CN3CC(CC(F)(F)Br)CC3=O)n2n1. The molecule has 3 rings (SSSR count). The smallest absolute Gasteiger partial charge is 0.435 e. The van der Waals surface area contributed by atoms with Gasteiger partial charge in [0.1, 0.15) is 0 Å². The van der Waals surface area contributed by atoms with Crippen molar-refractivity contribution in [2.24, 2.45) is 5.92 Å². The van der Waals surface area contributed by atoms with Crippen molar-refractivity contribution in [3.8, 4) is 5.88 Å². The number of nitrogens with zero attached hydrogens (tertiary/aromatic N) is 4. The van der Waals surface area contributed by atoms with E-state index in [2.05, 4.69) is 26.0 Å². The summed E-state index contributed by atoms with van der Waals surface area (Å²) < 4.78 is 72.3. The first-order chi connectivity index (χ1) is 12.5. The fraction of sp³-hybridized carbons (Fsp3) is 0.533. The van der Waals surface area contributed by atoms with Crippen LogP contribution in [0.3, 0.4) is 0 Å². The van der Waals surface area contributed by atoms with E-state index in [-0.39, 0.29) is 30.2 Å². The first-order valence-electron chi connectivity index (χ1n) is 7.82. The number of likely N-dealkylation sites (tertiary alicyclic amines) is 1. The summed E-state index contributed by atoms with van der Waals surface area (Å²) in [4.78, 5) is 13.7. The number of ether oxygens (including phenoxy) is 1. The van der Waals surface area contributed by atoms with Crippen LogP contribution in [0.5, 0.6) is 5.88 Å². The van der Waals surface area contributed by atoms with Gasteiger partial charge >= 0.3 is 11.0 Å². The number of aromatic nitrogens is 3. The van der Waals surface area contributed by atoms with E-state index < -0.39 is 41.5 Å². The van der Waals surface area contributed by atoms with Crippen LogP contribution in [0.4, 0.5) is 22.0 Å². The van der Waals surface area contributed by atoms with Gasteiger partial charge in [0.25, 0.3) is 0 Å². The van der Waals surface area contributed by atoms with Gasteiger partial charge in [-0.1, -0.05) is 0 Å². The highest BCUT2D eigenvalue weighted by molar-refractivity contribution is 9.09. The highest BCUT2D eigenvalue weighted by atomic mass is 79.9. The Kier molecular flexibility index (Phi) is 5.04. The summed E-state index contributed by atoms with van der Waals surface area (Å²) in [5.74, 6) is -1.09. The molecule has 3 heterocycles. The van der Waals surface area contributed by atoms with Crippen LogP contribution in [-0.4, -0.2) is 43.9 Å². The van der Waals surface area contributed by atoms with Gasteiger partial charge in [0.05, 0.1) is 19.3 Å². The van der Waals surface area contributed by atoms with E-state index in [0.29, 0.717) is 0 Å². The molecule has 1 unspecified atom stereocenters. The van der Waals surface area contributed by atoms with Crippen molar-refractivity contribution in [2.75, 3.05) is 13.7 Å². The summed E-state index contributed by atoms with van der Waals surface area (Å²) in [6, 6.07) is 2.67. The molecule has 0 aliphatic carbocycles. The molecule has 148 valence electrons. The summed E-state index contributed by atoms with van der Waals surface area (Å²) in [7, 11) is 1.31. The minimum absolute atomic E-state index is 0.0617. The summed E-state index contributed by atoms with van der Waals surface area (Å²) in [6.45, 7) is -0.520. The average Bonchev–Trinajstić information content (AvgIpc) is 3.06. The molecular weight excluding hydrogens is 443 g/mol. The molecule has 1 saturated heterocycles. The van der Waals surface area contributed by atoms with Gasteiger partial charge in [-0.2, -0.15) is 22.0 Å². The number of halogens is 6. The molecule has 6 nitrogen and oxygen atoms in total. The van der Waals surface area contributed by atoms with Crippen molar-refractivity contribution < 1.29 is 31.5 Å². The number of hydrogen-bond donors (Lipinski definition) is 0. The van der Waals surface area contributed by atoms with E-state index >= 15 is 0 Å². The molecule has 27 heavy (non-hydrogen) atoms. The van der Waals surface area contributed by atoms with Crippen LogP contribution in [0.2, 0.25) is 0 Å². The molecule has 0 N–H and O–H groups in total. The number of carbonyl (C=O) groups is 1. The van der Waals surface area contributed by atoms with Gasteiger partial charge < -0.3 is 9.64 Å². The van der Waals surface area contributed by atoms with Gasteiger partial charge in [0.15, 0.2) is 11.3 Å². The molecule has 1 fully saturated rings. The summed E-state index contributed by atoms with van der Waals surface area (Å²) in [5, 5.41) is 3.94. The summed E-state index contributed by atoms with van der Waals surface area (Å²) in [5.41, 5.74) is -1.59. The Labute approximate surface area is 158 Å². The largest absolute Gasteiger partial charge is 0.480 e. The number of amides is 1. The van der Waals surface area contributed by atoms with Crippen LogP contribution in [0, 0.1) is 5.92 Å². The van der Waals surface area contributed by atoms with Gasteiger partial charge in [-0.3, -0.25) is 4.79 Å². The van der Waals surface area contributed by atoms with Crippen molar-refractivity contribution in [3.05, 3.63) is 23.5 Å². The van der Waals surface area contributed by atoms with Crippen molar-refractivity contribution >= 4 is 27.5 Å². The average molecular weight is 457 g/mol. The van der Waals surface area contributed by atoms with E-state index in [1.54, 1.807) is 0 Å². The van der Waals surface area contributed by atoms with Crippen molar-refractivity contribution in [1.82, 2.24) is 19.5 Å². The van der Waals surface area contributed by atoms with E-state index in [4.69, 9.17) is 4.74 Å². The molecule has 0 spiro atoms. The van der Waals surface area contributed by atoms with Crippen LogP contribution in [0.1, 0.15) is 24.2 Å². The molecule has 0 saturated carbocycles. The van der Waals surface area contributed by atoms with E-state index in [1.165, 1.54) is 19.2 Å². The second-order valence-corrected chi connectivity index (χ2v) is 7.37. The summed E-state index contributed by atoms with van der Waals surface area (Å²) in [6.07, 6.45) is -5.50. The normalized spacial score (nSPS) is 18.6. The predicted octanol–water partition coefficient (Wildman–Crippen LogP) is 3.48. The lowest BCUT2D eigenvalue weighted by Crippen LogP contribution is -2.27. The number of imidazole rings is 1. The molecule has 1 aliphatic heterocycles. The molecule has 0 radical (unpaired) electrons. The Hall–Kier alpha value is -1.98. The molecule has 1 atom stereocenters. The third-order valence-corrected chi connectivity index (χ3v) is 4.50. The number of methoxy groups -OCH3 is 1. The van der Waals surface area contributed by atoms with Gasteiger partial charge in [0.2, 0.25) is 11.8 Å². The molecule has 0 bridgehead atoms. The number of rotatable bonds is 5. The van der Waals surface area contributed by atoms with E-state index in [9.17, 15) is 26.7 Å². The number of hydrogen-bond acceptors (Lipinski definition) is 4. The molecule has 12 heteroatoms. The zero-order valence-corrected chi connectivity index (χ0v) is 15.5. The number of carbonyl (C=O) groups excluding carboxylic acids is 1. The number of alkyl halides is 6. The lowest BCUT2D eigenvalue weighted by molar-refractivity contribution is -0.142. The third kappa shape index (κ3) is 4.30. The minimum Gasteiger partial charge on any atom is -0.480 e. The summed E-state index contributed by atoms with van der Waals surface area (Å²) >= 11 is 2.23. The first kappa shape index (κ1) is 19.8. The molecule has 0 aromatic carbocycles. The molecule has 1 aliphatic rings. The molecular formula is C15H14BrF5N4O2. The van der Waals surface area contributed by atoms with Crippen LogP contribution in [0.15, 0.2) is 12.1 Å². The molecule has 2 aromatic rings. The van der Waals surface area contributed by atoms with Crippen LogP contribution >= 0.6 is 15.9 Å². The van der Waals surface area contributed by atoms with Crippen LogP contribution < -0.4 is 4.74 Å². The zero-order valence-electron chi connectivity index (χ0n) is 13.9. The maximum absolute atomic E-state index is 13.4.